The highest BCUT2D eigenvalue weighted by atomic mass is 32.2. The minimum absolute atomic E-state index is 0.0443. The van der Waals surface area contributed by atoms with Crippen molar-refractivity contribution in [1.82, 2.24) is 4.72 Å². The number of rotatable bonds is 17. The summed E-state index contributed by atoms with van der Waals surface area (Å²) in [6.45, 7) is 9.64. The second-order valence-corrected chi connectivity index (χ2v) is 38.8. The van der Waals surface area contributed by atoms with Gasteiger partial charge < -0.3 is 20.5 Å². The third kappa shape index (κ3) is 16.7. The number of ether oxygens (including phenoxy) is 1. The average molecular weight is 1540 g/mol. The first-order valence-corrected chi connectivity index (χ1v) is 41.2. The Morgan fingerprint density at radius 3 is 1.34 bits per heavy atom. The summed E-state index contributed by atoms with van der Waals surface area (Å²) in [7, 11) is -2.30. The molecular formula is C86H104N8O16S. The molecule has 16 bridgehead atoms. The number of methoxy groups -OCH3 is 1. The van der Waals surface area contributed by atoms with Crippen LogP contribution in [-0.4, -0.2) is 62.7 Å². The molecule has 4 N–H and O–H groups in total. The number of anilines is 2. The van der Waals surface area contributed by atoms with Gasteiger partial charge in [0.2, 0.25) is 21.8 Å². The van der Waals surface area contributed by atoms with Gasteiger partial charge >= 0.3 is 0 Å². The smallest absolute Gasteiger partial charge is 0.270 e. The van der Waals surface area contributed by atoms with Gasteiger partial charge in [-0.15, -0.1) is 0 Å². The fraction of sp³-hybridized carbons (Fsp3) is 0.558. The van der Waals surface area contributed by atoms with Crippen molar-refractivity contribution in [3.8, 4) is 5.75 Å². The summed E-state index contributed by atoms with van der Waals surface area (Å²) in [5.41, 5.74) is 6.80. The molecule has 590 valence electrons. The molecule has 0 aromatic heterocycles. The number of carbonyl (C=O) groups is 2. The second kappa shape index (κ2) is 30.1. The first-order chi connectivity index (χ1) is 52.5. The van der Waals surface area contributed by atoms with Crippen molar-refractivity contribution in [3.63, 3.8) is 0 Å². The van der Waals surface area contributed by atoms with Gasteiger partial charge in [0.15, 0.2) is 0 Å². The third-order valence-electron chi connectivity index (χ3n) is 27.9. The first kappa shape index (κ1) is 78.6. The lowest BCUT2D eigenvalue weighted by Crippen LogP contribution is -2.58. The number of aliphatic hydroxyl groups is 1. The Kier molecular flexibility index (Phi) is 21.3. The van der Waals surface area contributed by atoms with Crippen LogP contribution in [0.1, 0.15) is 208 Å². The van der Waals surface area contributed by atoms with E-state index in [9.17, 15) is 73.7 Å². The minimum Gasteiger partial charge on any atom is -0.496 e. The molecule has 16 saturated carbocycles. The number of carbonyl (C=O) groups excluding carboxylic acids is 2. The molecule has 16 aliphatic rings. The number of aryl methyl sites for hydroxylation is 3. The van der Waals surface area contributed by atoms with E-state index >= 15 is 0 Å². The van der Waals surface area contributed by atoms with Crippen molar-refractivity contribution in [1.29, 1.82) is 0 Å². The topological polar surface area (TPSA) is 350 Å². The van der Waals surface area contributed by atoms with Gasteiger partial charge in [0.25, 0.3) is 28.4 Å². The normalized spacial score (nSPS) is 32.5. The van der Waals surface area contributed by atoms with Crippen LogP contribution in [-0.2, 0) is 37.0 Å². The molecule has 24 nitrogen and oxygen atoms in total. The number of nitro groups is 5. The highest BCUT2D eigenvalue weighted by Gasteiger charge is 2.63. The van der Waals surface area contributed by atoms with E-state index in [1.165, 1.54) is 171 Å². The third-order valence-corrected chi connectivity index (χ3v) is 29.6. The lowest BCUT2D eigenvalue weighted by molar-refractivity contribution is -0.385. The lowest BCUT2D eigenvalue weighted by atomic mass is 9.40. The standard InChI is InChI=1S/2C19H24N2O3.C16H18N2O5S.C16H19NO3.C16H19NO2/c1-17-7-13-8-18(2,10-17)12-19(9-13,11-17)16(22)20-14-3-5-15(6-4-14)21(23)24;1-12-4-16(21(23)24)2-3-17(12)20-18(22)11-19-8-13-5-14(9-19)7-15(6-13)10-19;1-11-8-14(18(19)20)9-12(2)16(11)24(21,22)17-10-13-6-4-5-7-15(13)23-3;18-16-8-11-5-12(9-16)7-15(6-11,10-16)13-1-3-14(4-2-13)17(19)20;18-17(19)15-3-1-14(2-4-15)16-8-11-5-12(9-16)7-13(6-11)10-16/h3-6,13H,7-12H2,1-2H3,(H,20,22);2-4,13-15H,5-11H2,1H3,(H,20,22);4-9,17H,10H2,1-3H3;1-4,11-12,18H,5-10H2;1-4,11-13H,5-10H2. The van der Waals surface area contributed by atoms with Gasteiger partial charge in [0.1, 0.15) is 5.75 Å². The Bertz CT molecular complexity index is 4610. The molecule has 2 amide bonds. The van der Waals surface area contributed by atoms with Gasteiger partial charge in [-0.05, 0) is 307 Å². The number of nitrogens with one attached hydrogen (secondary N) is 3. The van der Waals surface area contributed by atoms with Gasteiger partial charge in [-0.3, -0.25) is 60.2 Å². The maximum Gasteiger partial charge on any atom is 0.270 e. The molecule has 16 fully saturated rings. The molecular weight excluding hydrogens is 1430 g/mol. The van der Waals surface area contributed by atoms with E-state index in [0.29, 0.717) is 74.2 Å². The molecule has 6 aromatic rings. The molecule has 22 rings (SSSR count). The second-order valence-electron chi connectivity index (χ2n) is 37.1. The fourth-order valence-corrected chi connectivity index (χ4v) is 27.5. The number of para-hydroxylation sites is 1. The first-order valence-electron chi connectivity index (χ1n) is 39.7. The number of nitro benzene ring substituents is 5. The zero-order valence-electron chi connectivity index (χ0n) is 64.4. The predicted octanol–water partition coefficient (Wildman–Crippen LogP) is 18.9. The number of sulfonamides is 1. The Balaban J connectivity index is 0.000000116. The molecule has 25 heteroatoms. The quantitative estimate of drug-likeness (QED) is 0.0487. The molecule has 6 aromatic carbocycles. The van der Waals surface area contributed by atoms with Crippen molar-refractivity contribution in [2.45, 2.75) is 223 Å². The van der Waals surface area contributed by atoms with Crippen molar-refractivity contribution in [2.75, 3.05) is 17.7 Å². The van der Waals surface area contributed by atoms with Crippen LogP contribution in [0.25, 0.3) is 0 Å². The van der Waals surface area contributed by atoms with Crippen LogP contribution in [0.3, 0.4) is 0 Å². The monoisotopic (exact) mass is 1540 g/mol. The van der Waals surface area contributed by atoms with Crippen LogP contribution < -0.4 is 20.1 Å². The Morgan fingerprint density at radius 1 is 0.468 bits per heavy atom. The van der Waals surface area contributed by atoms with Gasteiger partial charge in [0, 0.05) is 90.6 Å². The molecule has 0 radical (unpaired) electrons. The van der Waals surface area contributed by atoms with E-state index in [4.69, 9.17) is 4.74 Å². The Morgan fingerprint density at radius 2 is 0.892 bits per heavy atom. The SMILES string of the molecule is CC12CC3CC(C)(C1)CC(C(=O)Nc1ccc([N+](=O)[O-])cc1)(C3)C2.COc1ccccc1CNS(=O)(=O)c1c(C)cc([N+](=O)[O-])cc1C.Cc1cc([N+](=O)[O-])ccc1NC(=O)CC12CC3CC(CC(C3)C1)C2.O=[N+]([O-])c1ccc(C23CC4CC(CC(C4)C2)C3)cc1.O=[N+]([O-])c1ccc(C23CC4CC(CC(O)(C4)C2)C3)cc1. The molecule has 0 heterocycles. The molecule has 0 spiro atoms. The zero-order valence-corrected chi connectivity index (χ0v) is 65.2. The van der Waals surface area contributed by atoms with Crippen molar-refractivity contribution in [2.24, 2.45) is 74.9 Å². The fourth-order valence-electron chi connectivity index (χ4n) is 26.0. The van der Waals surface area contributed by atoms with Crippen molar-refractivity contribution in [3.05, 3.63) is 211 Å². The summed E-state index contributed by atoms with van der Waals surface area (Å²) in [5.74, 6) is 7.96. The van der Waals surface area contributed by atoms with Gasteiger partial charge in [-0.1, -0.05) is 56.3 Å². The number of hydrogen-bond donors (Lipinski definition) is 4. The van der Waals surface area contributed by atoms with Crippen molar-refractivity contribution >= 4 is 61.6 Å². The highest BCUT2D eigenvalue weighted by Crippen LogP contribution is 2.70. The van der Waals surface area contributed by atoms with Gasteiger partial charge in [-0.2, -0.15) is 0 Å². The maximum atomic E-state index is 13.1. The van der Waals surface area contributed by atoms with Gasteiger partial charge in [-0.25, -0.2) is 13.1 Å². The summed E-state index contributed by atoms with van der Waals surface area (Å²) in [6.07, 6.45) is 29.6. The number of benzene rings is 6. The van der Waals surface area contributed by atoms with Crippen LogP contribution in [0.4, 0.5) is 39.8 Å². The molecule has 16 aliphatic carbocycles. The Labute approximate surface area is 648 Å². The zero-order chi connectivity index (χ0) is 79.0. The number of amides is 2. The molecule has 4 unspecified atom stereocenters. The summed E-state index contributed by atoms with van der Waals surface area (Å²) in [6, 6.07) is 34.8. The number of hydrogen-bond acceptors (Lipinski definition) is 16. The summed E-state index contributed by atoms with van der Waals surface area (Å²) in [5, 5.41) is 70.8. The van der Waals surface area contributed by atoms with Crippen LogP contribution >= 0.6 is 0 Å². The van der Waals surface area contributed by atoms with Crippen LogP contribution in [0.5, 0.6) is 5.75 Å². The Hall–Kier alpha value is -9.07. The minimum atomic E-state index is -3.82. The van der Waals surface area contributed by atoms with E-state index in [2.05, 4.69) is 29.2 Å². The highest BCUT2D eigenvalue weighted by molar-refractivity contribution is 7.89. The van der Waals surface area contributed by atoms with E-state index in [0.717, 1.165) is 92.4 Å². The number of non-ortho nitro benzene ring substituents is 5. The molecule has 111 heavy (non-hydrogen) atoms. The maximum absolute atomic E-state index is 13.1. The average Bonchev–Trinajstić information content (AvgIpc) is 0.713. The van der Waals surface area contributed by atoms with E-state index in [-0.39, 0.29) is 77.8 Å². The van der Waals surface area contributed by atoms with E-state index in [1.807, 2.05) is 24.3 Å². The van der Waals surface area contributed by atoms with Crippen LogP contribution in [0, 0.1) is 146 Å². The largest absolute Gasteiger partial charge is 0.496 e. The van der Waals surface area contributed by atoms with Crippen molar-refractivity contribution < 1.29 is 52.5 Å². The van der Waals surface area contributed by atoms with Gasteiger partial charge in [0.05, 0.1) is 47.6 Å². The molecule has 4 atom stereocenters. The summed E-state index contributed by atoms with van der Waals surface area (Å²) >= 11 is 0. The summed E-state index contributed by atoms with van der Waals surface area (Å²) in [4.78, 5) is 77.8. The lowest BCUT2D eigenvalue weighted by Gasteiger charge is -2.64. The number of nitrogens with zero attached hydrogens (tertiary/aromatic N) is 5. The molecule has 0 saturated heterocycles. The van der Waals surface area contributed by atoms with E-state index < -0.39 is 30.4 Å². The van der Waals surface area contributed by atoms with Crippen LogP contribution in [0.15, 0.2) is 132 Å². The van der Waals surface area contributed by atoms with Crippen LogP contribution in [0.2, 0.25) is 0 Å². The summed E-state index contributed by atoms with van der Waals surface area (Å²) < 4.78 is 32.9. The molecule has 0 aliphatic heterocycles. The predicted molar refractivity (Wildman–Crippen MR) is 420 cm³/mol. The van der Waals surface area contributed by atoms with E-state index in [1.54, 1.807) is 73.7 Å².